The quantitative estimate of drug-likeness (QED) is 0.633. The summed E-state index contributed by atoms with van der Waals surface area (Å²) in [5.41, 5.74) is 4.55. The summed E-state index contributed by atoms with van der Waals surface area (Å²) in [6, 6.07) is 11.9. The first-order valence-corrected chi connectivity index (χ1v) is 7.15. The molecule has 0 fully saturated rings. The second-order valence-electron chi connectivity index (χ2n) is 4.63. The SMILES string of the molecule is CCOc1ccccc1C(Cc1ccc(F)cc1Cl)NN. The van der Waals surface area contributed by atoms with Gasteiger partial charge in [0.25, 0.3) is 0 Å². The Morgan fingerprint density at radius 3 is 2.71 bits per heavy atom. The van der Waals surface area contributed by atoms with E-state index in [1.165, 1.54) is 12.1 Å². The minimum Gasteiger partial charge on any atom is -0.494 e. The van der Waals surface area contributed by atoms with Crippen molar-refractivity contribution in [1.29, 1.82) is 0 Å². The molecule has 2 rings (SSSR count). The molecule has 0 bridgehead atoms. The maximum absolute atomic E-state index is 13.1. The van der Waals surface area contributed by atoms with Crippen LogP contribution >= 0.6 is 11.6 Å². The molecule has 1 unspecified atom stereocenters. The van der Waals surface area contributed by atoms with E-state index >= 15 is 0 Å². The zero-order chi connectivity index (χ0) is 15.2. The number of benzene rings is 2. The highest BCUT2D eigenvalue weighted by Gasteiger charge is 2.16. The number of nitrogens with one attached hydrogen (secondary N) is 1. The lowest BCUT2D eigenvalue weighted by Crippen LogP contribution is -2.30. The molecule has 3 N–H and O–H groups in total. The van der Waals surface area contributed by atoms with Crippen LogP contribution in [0.5, 0.6) is 5.75 Å². The largest absolute Gasteiger partial charge is 0.494 e. The summed E-state index contributed by atoms with van der Waals surface area (Å²) in [6.45, 7) is 2.50. The third kappa shape index (κ3) is 3.94. The molecule has 2 aromatic carbocycles. The molecule has 0 aliphatic carbocycles. The zero-order valence-corrected chi connectivity index (χ0v) is 12.5. The molecular weight excluding hydrogens is 291 g/mol. The van der Waals surface area contributed by atoms with Gasteiger partial charge in [-0.25, -0.2) is 4.39 Å². The van der Waals surface area contributed by atoms with Gasteiger partial charge in [-0.3, -0.25) is 11.3 Å². The normalized spacial score (nSPS) is 12.2. The number of hydrogen-bond donors (Lipinski definition) is 2. The van der Waals surface area contributed by atoms with Gasteiger partial charge in [-0.15, -0.1) is 0 Å². The lowest BCUT2D eigenvalue weighted by molar-refractivity contribution is 0.331. The van der Waals surface area contributed by atoms with E-state index in [1.54, 1.807) is 6.07 Å². The molecule has 3 nitrogen and oxygen atoms in total. The molecule has 0 spiro atoms. The van der Waals surface area contributed by atoms with Crippen molar-refractivity contribution in [2.75, 3.05) is 6.61 Å². The molecule has 0 aromatic heterocycles. The van der Waals surface area contributed by atoms with Crippen molar-refractivity contribution in [2.45, 2.75) is 19.4 Å². The van der Waals surface area contributed by atoms with Crippen molar-refractivity contribution in [3.8, 4) is 5.75 Å². The number of rotatable bonds is 6. The molecule has 0 aliphatic rings. The Hall–Kier alpha value is -1.62. The van der Waals surface area contributed by atoms with Crippen LogP contribution in [0.4, 0.5) is 4.39 Å². The maximum Gasteiger partial charge on any atom is 0.124 e. The fourth-order valence-electron chi connectivity index (χ4n) is 2.22. The maximum atomic E-state index is 13.1. The standard InChI is InChI=1S/C16H18ClFN2O/c1-2-21-16-6-4-3-5-13(16)15(20-19)9-11-7-8-12(18)10-14(11)17/h3-8,10,15,20H,2,9,19H2,1H3. The Bertz CT molecular complexity index is 607. The average molecular weight is 309 g/mol. The van der Waals surface area contributed by atoms with Crippen LogP contribution in [0.3, 0.4) is 0 Å². The first-order valence-electron chi connectivity index (χ1n) is 6.77. The van der Waals surface area contributed by atoms with E-state index < -0.39 is 0 Å². The molecule has 2 aromatic rings. The highest BCUT2D eigenvalue weighted by atomic mass is 35.5. The van der Waals surface area contributed by atoms with E-state index in [9.17, 15) is 4.39 Å². The summed E-state index contributed by atoms with van der Waals surface area (Å²) in [6.07, 6.45) is 0.541. The van der Waals surface area contributed by atoms with Crippen LogP contribution in [0.1, 0.15) is 24.1 Å². The molecular formula is C16H18ClFN2O. The molecule has 21 heavy (non-hydrogen) atoms. The van der Waals surface area contributed by atoms with E-state index in [2.05, 4.69) is 5.43 Å². The van der Waals surface area contributed by atoms with E-state index in [0.717, 1.165) is 16.9 Å². The van der Waals surface area contributed by atoms with Crippen LogP contribution in [-0.4, -0.2) is 6.61 Å². The van der Waals surface area contributed by atoms with Gasteiger partial charge in [0.1, 0.15) is 11.6 Å². The van der Waals surface area contributed by atoms with Crippen LogP contribution in [-0.2, 0) is 6.42 Å². The molecule has 0 aliphatic heterocycles. The summed E-state index contributed by atoms with van der Waals surface area (Å²) >= 11 is 6.08. The van der Waals surface area contributed by atoms with Gasteiger partial charge in [0, 0.05) is 10.6 Å². The first-order chi connectivity index (χ1) is 10.2. The Kier molecular flexibility index (Phi) is 5.56. The van der Waals surface area contributed by atoms with Gasteiger partial charge in [-0.1, -0.05) is 35.9 Å². The predicted molar refractivity (Wildman–Crippen MR) is 82.8 cm³/mol. The molecule has 1 atom stereocenters. The predicted octanol–water partition coefficient (Wildman–Crippen LogP) is 3.62. The topological polar surface area (TPSA) is 47.3 Å². The van der Waals surface area contributed by atoms with Gasteiger partial charge in [0.15, 0.2) is 0 Å². The summed E-state index contributed by atoms with van der Waals surface area (Å²) < 4.78 is 18.7. The summed E-state index contributed by atoms with van der Waals surface area (Å²) in [4.78, 5) is 0. The van der Waals surface area contributed by atoms with Gasteiger partial charge in [-0.05, 0) is 37.1 Å². The number of nitrogens with two attached hydrogens (primary N) is 1. The molecule has 0 radical (unpaired) electrons. The monoisotopic (exact) mass is 308 g/mol. The van der Waals surface area contributed by atoms with Crippen molar-refractivity contribution >= 4 is 11.6 Å². The molecule has 0 saturated heterocycles. The van der Waals surface area contributed by atoms with Gasteiger partial charge in [-0.2, -0.15) is 0 Å². The lowest BCUT2D eigenvalue weighted by atomic mass is 9.98. The van der Waals surface area contributed by atoms with Crippen molar-refractivity contribution in [1.82, 2.24) is 5.43 Å². The number of halogens is 2. The summed E-state index contributed by atoms with van der Waals surface area (Å²) in [5.74, 6) is 6.10. The Morgan fingerprint density at radius 1 is 1.29 bits per heavy atom. The summed E-state index contributed by atoms with van der Waals surface area (Å²) in [7, 11) is 0. The zero-order valence-electron chi connectivity index (χ0n) is 11.8. The third-order valence-electron chi connectivity index (χ3n) is 3.23. The minimum absolute atomic E-state index is 0.171. The van der Waals surface area contributed by atoms with Crippen molar-refractivity contribution < 1.29 is 9.13 Å². The molecule has 0 saturated carbocycles. The van der Waals surface area contributed by atoms with Gasteiger partial charge >= 0.3 is 0 Å². The molecule has 0 amide bonds. The minimum atomic E-state index is -0.351. The van der Waals surface area contributed by atoms with E-state index in [4.69, 9.17) is 22.2 Å². The summed E-state index contributed by atoms with van der Waals surface area (Å²) in [5, 5.41) is 0.393. The lowest BCUT2D eigenvalue weighted by Gasteiger charge is -2.20. The van der Waals surface area contributed by atoms with Crippen LogP contribution < -0.4 is 16.0 Å². The highest BCUT2D eigenvalue weighted by Crippen LogP contribution is 2.29. The van der Waals surface area contributed by atoms with Crippen LogP contribution in [0, 0.1) is 5.82 Å². The van der Waals surface area contributed by atoms with Crippen molar-refractivity contribution in [2.24, 2.45) is 5.84 Å². The third-order valence-corrected chi connectivity index (χ3v) is 3.59. The van der Waals surface area contributed by atoms with Gasteiger partial charge < -0.3 is 4.74 Å². The van der Waals surface area contributed by atoms with Gasteiger partial charge in [0.2, 0.25) is 0 Å². The fourth-order valence-corrected chi connectivity index (χ4v) is 2.47. The van der Waals surface area contributed by atoms with E-state index in [0.29, 0.717) is 18.1 Å². The Labute approximate surface area is 128 Å². The molecule has 5 heteroatoms. The van der Waals surface area contributed by atoms with Crippen LogP contribution in [0.2, 0.25) is 5.02 Å². The number of hydrazine groups is 1. The first kappa shape index (κ1) is 15.8. The van der Waals surface area contributed by atoms with E-state index in [-0.39, 0.29) is 11.9 Å². The molecule has 0 heterocycles. The number of hydrogen-bond acceptors (Lipinski definition) is 3. The fraction of sp³-hybridized carbons (Fsp3) is 0.250. The van der Waals surface area contributed by atoms with Crippen LogP contribution in [0.15, 0.2) is 42.5 Å². The number of ether oxygens (including phenoxy) is 1. The van der Waals surface area contributed by atoms with Gasteiger partial charge in [0.05, 0.1) is 12.6 Å². The highest BCUT2D eigenvalue weighted by molar-refractivity contribution is 6.31. The smallest absolute Gasteiger partial charge is 0.124 e. The van der Waals surface area contributed by atoms with Crippen LogP contribution in [0.25, 0.3) is 0 Å². The van der Waals surface area contributed by atoms with Crippen molar-refractivity contribution in [3.05, 3.63) is 64.4 Å². The molecule has 112 valence electrons. The average Bonchev–Trinajstić information content (AvgIpc) is 2.48. The second kappa shape index (κ2) is 7.41. The second-order valence-corrected chi connectivity index (χ2v) is 5.04. The Morgan fingerprint density at radius 2 is 2.05 bits per heavy atom. The van der Waals surface area contributed by atoms with E-state index in [1.807, 2.05) is 31.2 Å². The Balaban J connectivity index is 2.27. The number of para-hydroxylation sites is 1. The van der Waals surface area contributed by atoms with Crippen molar-refractivity contribution in [3.63, 3.8) is 0 Å².